The van der Waals surface area contributed by atoms with Crippen molar-refractivity contribution in [1.82, 2.24) is 0 Å². The molecule has 0 unspecified atom stereocenters. The molecule has 1 aromatic heterocycles. The minimum absolute atomic E-state index is 0.309. The molecule has 0 bridgehead atoms. The predicted octanol–water partition coefficient (Wildman–Crippen LogP) is 2.61. The molecule has 4 heteroatoms. The summed E-state index contributed by atoms with van der Waals surface area (Å²) in [5.74, 6) is 2.01. The maximum Gasteiger partial charge on any atom is 0.304 e. The first-order valence-corrected chi connectivity index (χ1v) is 6.64. The van der Waals surface area contributed by atoms with Crippen LogP contribution in [0.25, 0.3) is 10.4 Å². The Morgan fingerprint density at radius 1 is 1.32 bits per heavy atom. The van der Waals surface area contributed by atoms with Crippen molar-refractivity contribution in [2.45, 2.75) is 6.92 Å². The number of carbonyl (C=O) groups excluding carboxylic acids is 1. The van der Waals surface area contributed by atoms with E-state index in [1.165, 1.54) is 10.5 Å². The van der Waals surface area contributed by atoms with E-state index in [1.54, 1.807) is 18.4 Å². The minimum atomic E-state index is -0.309. The van der Waals surface area contributed by atoms with E-state index >= 15 is 0 Å². The van der Waals surface area contributed by atoms with Gasteiger partial charge in [-0.25, -0.2) is 0 Å². The van der Waals surface area contributed by atoms with Gasteiger partial charge >= 0.3 is 5.91 Å². The number of hydrogen-bond donors (Lipinski definition) is 1. The van der Waals surface area contributed by atoms with Crippen LogP contribution in [-0.4, -0.2) is 13.0 Å². The number of hydrogen-bond acceptors (Lipinski definition) is 3. The molecule has 1 aromatic carbocycles. The van der Waals surface area contributed by atoms with Crippen molar-refractivity contribution in [1.29, 1.82) is 0 Å². The molecule has 0 radical (unpaired) electrons. The second-order valence-electron chi connectivity index (χ2n) is 4.17. The number of nitrogens with zero attached hydrogens (tertiary/aromatic N) is 1. The molecule has 0 fully saturated rings. The number of nitrogens with two attached hydrogens (primary N) is 1. The first-order valence-electron chi connectivity index (χ1n) is 5.76. The van der Waals surface area contributed by atoms with E-state index in [0.717, 1.165) is 16.1 Å². The summed E-state index contributed by atoms with van der Waals surface area (Å²) in [6.07, 6.45) is 0. The molecule has 1 heterocycles. The molecule has 0 aliphatic rings. The highest BCUT2D eigenvalue weighted by Gasteiger charge is 2.11. The molecule has 96 valence electrons. The first kappa shape index (κ1) is 13.2. The van der Waals surface area contributed by atoms with E-state index in [0.29, 0.717) is 0 Å². The molecule has 2 aromatic rings. The lowest BCUT2D eigenvalue weighted by molar-refractivity contribution is -0.113. The zero-order valence-corrected chi connectivity index (χ0v) is 11.6. The van der Waals surface area contributed by atoms with Gasteiger partial charge in [0.05, 0.1) is 5.69 Å². The average molecular weight is 270 g/mol. The topological polar surface area (TPSA) is 46.3 Å². The van der Waals surface area contributed by atoms with Gasteiger partial charge in [0.25, 0.3) is 0 Å². The summed E-state index contributed by atoms with van der Waals surface area (Å²) in [7, 11) is 1.69. The minimum Gasteiger partial charge on any atom is -0.359 e. The Morgan fingerprint density at radius 3 is 2.63 bits per heavy atom. The van der Waals surface area contributed by atoms with E-state index in [2.05, 4.69) is 43.2 Å². The Labute approximate surface area is 116 Å². The van der Waals surface area contributed by atoms with Crippen LogP contribution >= 0.6 is 11.3 Å². The fourth-order valence-electron chi connectivity index (χ4n) is 1.63. The summed E-state index contributed by atoms with van der Waals surface area (Å²) < 4.78 is 0. The summed E-state index contributed by atoms with van der Waals surface area (Å²) in [4.78, 5) is 14.2. The largest absolute Gasteiger partial charge is 0.359 e. The van der Waals surface area contributed by atoms with Crippen molar-refractivity contribution >= 4 is 22.9 Å². The summed E-state index contributed by atoms with van der Waals surface area (Å²) in [5.41, 5.74) is 8.25. The summed E-state index contributed by atoms with van der Waals surface area (Å²) in [5, 5.41) is 1.94. The Morgan fingerprint density at radius 2 is 2.00 bits per heavy atom. The predicted molar refractivity (Wildman–Crippen MR) is 79.9 cm³/mol. The van der Waals surface area contributed by atoms with Crippen molar-refractivity contribution in [2.75, 3.05) is 11.9 Å². The maximum atomic E-state index is 11.6. The molecule has 0 saturated carbocycles. The van der Waals surface area contributed by atoms with Crippen molar-refractivity contribution in [2.24, 2.45) is 5.73 Å². The molecule has 0 atom stereocenters. The number of aryl methyl sites for hydroxylation is 1. The normalized spacial score (nSPS) is 9.58. The standard InChI is InChI=1S/C15H14N2OS/c1-11-3-5-12(6-4-11)14-9-13(10-19-14)17(2)15(18)7-8-16/h3-6,9-10H,16H2,1-2H3. The second-order valence-corrected chi connectivity index (χ2v) is 5.08. The summed E-state index contributed by atoms with van der Waals surface area (Å²) in [6.45, 7) is 2.06. The lowest BCUT2D eigenvalue weighted by atomic mass is 10.1. The molecule has 0 aliphatic carbocycles. The molecule has 19 heavy (non-hydrogen) atoms. The number of thiophene rings is 1. The smallest absolute Gasteiger partial charge is 0.304 e. The molecular weight excluding hydrogens is 256 g/mol. The molecule has 0 saturated heterocycles. The van der Waals surface area contributed by atoms with Crippen LogP contribution in [0.3, 0.4) is 0 Å². The Balaban J connectivity index is 2.25. The van der Waals surface area contributed by atoms with Gasteiger partial charge in [0.2, 0.25) is 0 Å². The van der Waals surface area contributed by atoms with Crippen molar-refractivity contribution in [3.05, 3.63) is 41.3 Å². The average Bonchev–Trinajstić information content (AvgIpc) is 2.88. The van der Waals surface area contributed by atoms with Crippen LogP contribution in [0.15, 0.2) is 35.7 Å². The Bertz CT molecular complexity index is 647. The number of anilines is 1. The zero-order valence-electron chi connectivity index (χ0n) is 10.8. The third-order valence-corrected chi connectivity index (χ3v) is 3.76. The SMILES string of the molecule is Cc1ccc(-c2cc(N(C)C(=O)C#CN)cs2)cc1. The Kier molecular flexibility index (Phi) is 3.88. The fraction of sp³-hybridized carbons (Fsp3) is 0.133. The monoisotopic (exact) mass is 270 g/mol. The van der Waals surface area contributed by atoms with E-state index in [-0.39, 0.29) is 5.91 Å². The third kappa shape index (κ3) is 2.95. The van der Waals surface area contributed by atoms with E-state index in [9.17, 15) is 4.79 Å². The van der Waals surface area contributed by atoms with Gasteiger partial charge in [-0.1, -0.05) is 29.8 Å². The lowest BCUT2D eigenvalue weighted by Crippen LogP contribution is -2.24. The molecular formula is C15H14N2OS. The van der Waals surface area contributed by atoms with Crippen LogP contribution < -0.4 is 10.6 Å². The highest BCUT2D eigenvalue weighted by Crippen LogP contribution is 2.31. The highest BCUT2D eigenvalue weighted by atomic mass is 32.1. The fourth-order valence-corrected chi connectivity index (χ4v) is 2.57. The quantitative estimate of drug-likeness (QED) is 0.673. The molecule has 3 nitrogen and oxygen atoms in total. The van der Waals surface area contributed by atoms with Gasteiger partial charge in [0.15, 0.2) is 0 Å². The van der Waals surface area contributed by atoms with Gasteiger partial charge in [-0.3, -0.25) is 4.79 Å². The molecule has 0 aliphatic heterocycles. The maximum absolute atomic E-state index is 11.6. The van der Waals surface area contributed by atoms with E-state index in [1.807, 2.05) is 11.4 Å². The van der Waals surface area contributed by atoms with Crippen LogP contribution in [0, 0.1) is 18.9 Å². The van der Waals surface area contributed by atoms with Crippen LogP contribution in [0.5, 0.6) is 0 Å². The molecule has 0 spiro atoms. The lowest BCUT2D eigenvalue weighted by Gasteiger charge is -2.10. The second kappa shape index (κ2) is 5.59. The molecule has 1 amide bonds. The number of carbonyl (C=O) groups is 1. The van der Waals surface area contributed by atoms with E-state index in [4.69, 9.17) is 5.73 Å². The van der Waals surface area contributed by atoms with Gasteiger partial charge < -0.3 is 10.6 Å². The van der Waals surface area contributed by atoms with Crippen molar-refractivity contribution in [3.63, 3.8) is 0 Å². The summed E-state index contributed by atoms with van der Waals surface area (Å²) in [6, 6.07) is 12.4. The number of amides is 1. The third-order valence-electron chi connectivity index (χ3n) is 2.79. The summed E-state index contributed by atoms with van der Waals surface area (Å²) >= 11 is 1.60. The van der Waals surface area contributed by atoms with Gasteiger partial charge in [-0.2, -0.15) is 0 Å². The van der Waals surface area contributed by atoms with Gasteiger partial charge in [0, 0.05) is 29.3 Å². The zero-order chi connectivity index (χ0) is 13.8. The number of rotatable bonds is 2. The van der Waals surface area contributed by atoms with Crippen LogP contribution in [-0.2, 0) is 4.79 Å². The highest BCUT2D eigenvalue weighted by molar-refractivity contribution is 7.14. The molecule has 2 rings (SSSR count). The van der Waals surface area contributed by atoms with Gasteiger partial charge in [-0.05, 0) is 18.6 Å². The van der Waals surface area contributed by atoms with Crippen LogP contribution in [0.4, 0.5) is 5.69 Å². The van der Waals surface area contributed by atoms with Gasteiger partial charge in [-0.15, -0.1) is 11.3 Å². The number of benzene rings is 1. The van der Waals surface area contributed by atoms with E-state index < -0.39 is 0 Å². The van der Waals surface area contributed by atoms with Crippen LogP contribution in [0.2, 0.25) is 0 Å². The van der Waals surface area contributed by atoms with Crippen LogP contribution in [0.1, 0.15) is 5.56 Å². The molecule has 2 N–H and O–H groups in total. The van der Waals surface area contributed by atoms with Crippen molar-refractivity contribution < 1.29 is 4.79 Å². The van der Waals surface area contributed by atoms with Gasteiger partial charge in [0.1, 0.15) is 0 Å². The Hall–Kier alpha value is -2.25. The first-order chi connectivity index (χ1) is 9.11. The van der Waals surface area contributed by atoms with Crippen molar-refractivity contribution in [3.8, 4) is 22.4 Å².